The van der Waals surface area contributed by atoms with E-state index in [4.69, 9.17) is 12.2 Å². The second-order valence-corrected chi connectivity index (χ2v) is 6.17. The van der Waals surface area contributed by atoms with Crippen LogP contribution in [0.4, 0.5) is 5.69 Å². The molecule has 0 bridgehead atoms. The first kappa shape index (κ1) is 14.7. The van der Waals surface area contributed by atoms with Crippen LogP contribution >= 0.6 is 24.0 Å². The molecule has 20 heavy (non-hydrogen) atoms. The van der Waals surface area contributed by atoms with Crippen LogP contribution in [-0.2, 0) is 4.79 Å². The van der Waals surface area contributed by atoms with Crippen molar-refractivity contribution < 1.29 is 9.72 Å². The van der Waals surface area contributed by atoms with Crippen molar-refractivity contribution >= 4 is 46.0 Å². The number of nitro groups is 1. The maximum absolute atomic E-state index is 12.2. The zero-order valence-electron chi connectivity index (χ0n) is 10.9. The van der Waals surface area contributed by atoms with Gasteiger partial charge in [-0.25, -0.2) is 0 Å². The Bertz CT molecular complexity index is 626. The highest BCUT2D eigenvalue weighted by Crippen LogP contribution is 2.34. The lowest BCUT2D eigenvalue weighted by Crippen LogP contribution is -2.34. The van der Waals surface area contributed by atoms with E-state index in [2.05, 4.69) is 0 Å². The molecule has 1 aromatic rings. The molecule has 0 unspecified atom stereocenters. The Labute approximate surface area is 125 Å². The molecule has 1 aliphatic rings. The predicted molar refractivity (Wildman–Crippen MR) is 83.2 cm³/mol. The van der Waals surface area contributed by atoms with Gasteiger partial charge in [-0.3, -0.25) is 19.8 Å². The lowest BCUT2D eigenvalue weighted by Gasteiger charge is -2.18. The van der Waals surface area contributed by atoms with Crippen molar-refractivity contribution in [2.24, 2.45) is 0 Å². The van der Waals surface area contributed by atoms with E-state index in [9.17, 15) is 14.9 Å². The van der Waals surface area contributed by atoms with Crippen molar-refractivity contribution in [2.45, 2.75) is 19.9 Å². The minimum atomic E-state index is -0.462. The number of carbonyl (C=O) groups excluding carboxylic acids is 1. The van der Waals surface area contributed by atoms with Crippen LogP contribution in [0.5, 0.6) is 0 Å². The van der Waals surface area contributed by atoms with Crippen LogP contribution in [0.2, 0.25) is 0 Å². The minimum absolute atomic E-state index is 0.00138. The molecule has 1 saturated heterocycles. The molecule has 2 rings (SSSR count). The Hall–Kier alpha value is -1.73. The largest absolute Gasteiger partial charge is 0.290 e. The molecule has 0 saturated carbocycles. The summed E-state index contributed by atoms with van der Waals surface area (Å²) in [7, 11) is 0. The summed E-state index contributed by atoms with van der Waals surface area (Å²) < 4.78 is 0.515. The number of thiocarbonyl (C=S) groups is 1. The van der Waals surface area contributed by atoms with Crippen LogP contribution in [-0.4, -0.2) is 26.1 Å². The average molecular weight is 308 g/mol. The zero-order chi connectivity index (χ0) is 14.9. The van der Waals surface area contributed by atoms with Gasteiger partial charge in [0.15, 0.2) is 0 Å². The van der Waals surface area contributed by atoms with E-state index in [1.165, 1.54) is 23.9 Å². The van der Waals surface area contributed by atoms with E-state index >= 15 is 0 Å². The summed E-state index contributed by atoms with van der Waals surface area (Å²) in [5.74, 6) is -0.151. The smallest absolute Gasteiger partial charge is 0.270 e. The quantitative estimate of drug-likeness (QED) is 0.371. The Morgan fingerprint density at radius 3 is 2.70 bits per heavy atom. The molecule has 1 heterocycles. The van der Waals surface area contributed by atoms with E-state index < -0.39 is 4.92 Å². The molecule has 0 N–H and O–H groups in total. The van der Waals surface area contributed by atoms with Crippen LogP contribution < -0.4 is 0 Å². The highest BCUT2D eigenvalue weighted by molar-refractivity contribution is 8.26. The molecule has 104 valence electrons. The van der Waals surface area contributed by atoms with E-state index in [0.29, 0.717) is 14.8 Å². The third kappa shape index (κ3) is 2.88. The van der Waals surface area contributed by atoms with Gasteiger partial charge in [0.05, 0.1) is 9.83 Å². The highest BCUT2D eigenvalue weighted by Gasteiger charge is 2.33. The highest BCUT2D eigenvalue weighted by atomic mass is 32.2. The fraction of sp³-hybridized carbons (Fsp3) is 0.231. The van der Waals surface area contributed by atoms with Gasteiger partial charge in [-0.15, -0.1) is 0 Å². The number of rotatable bonds is 3. The number of nitrogens with zero attached hydrogens (tertiary/aromatic N) is 2. The summed E-state index contributed by atoms with van der Waals surface area (Å²) in [4.78, 5) is 24.5. The maximum Gasteiger partial charge on any atom is 0.270 e. The number of hydrogen-bond donors (Lipinski definition) is 0. The first-order chi connectivity index (χ1) is 9.40. The van der Waals surface area contributed by atoms with Gasteiger partial charge in [-0.05, 0) is 25.5 Å². The standard InChI is InChI=1S/C13H12N2O3S2/c1-8(2)14-12(16)11(20-13(14)19)7-9-4-3-5-10(6-9)15(17)18/h3-8H,1-2H3. The van der Waals surface area contributed by atoms with Crippen molar-refractivity contribution in [3.63, 3.8) is 0 Å². The summed E-state index contributed by atoms with van der Waals surface area (Å²) >= 11 is 6.39. The first-order valence-corrected chi connectivity index (χ1v) is 7.14. The van der Waals surface area contributed by atoms with Crippen molar-refractivity contribution in [1.82, 2.24) is 4.90 Å². The van der Waals surface area contributed by atoms with Gasteiger partial charge >= 0.3 is 0 Å². The fourth-order valence-electron chi connectivity index (χ4n) is 1.80. The van der Waals surface area contributed by atoms with Gasteiger partial charge in [0.1, 0.15) is 4.32 Å². The SMILES string of the molecule is CC(C)N1C(=O)C(=Cc2cccc([N+](=O)[O-])c2)SC1=S. The maximum atomic E-state index is 12.2. The number of carbonyl (C=O) groups is 1. The van der Waals surface area contributed by atoms with Gasteiger partial charge in [-0.1, -0.05) is 36.1 Å². The topological polar surface area (TPSA) is 63.5 Å². The second kappa shape index (κ2) is 5.72. The lowest BCUT2D eigenvalue weighted by molar-refractivity contribution is -0.384. The molecule has 1 aliphatic heterocycles. The number of hydrogen-bond acceptors (Lipinski definition) is 5. The summed E-state index contributed by atoms with van der Waals surface area (Å²) in [5.41, 5.74) is 0.613. The lowest BCUT2D eigenvalue weighted by atomic mass is 10.2. The fourth-order valence-corrected chi connectivity index (χ4v) is 3.33. The van der Waals surface area contributed by atoms with Gasteiger partial charge < -0.3 is 0 Å². The number of nitro benzene ring substituents is 1. The van der Waals surface area contributed by atoms with E-state index in [1.807, 2.05) is 13.8 Å². The summed E-state index contributed by atoms with van der Waals surface area (Å²) in [6.45, 7) is 3.78. The zero-order valence-corrected chi connectivity index (χ0v) is 12.5. The summed E-state index contributed by atoms with van der Waals surface area (Å²) in [6, 6.07) is 6.15. The molecule has 1 amide bonds. The molecule has 0 radical (unpaired) electrons. The molecule has 0 spiro atoms. The van der Waals surface area contributed by atoms with Gasteiger partial charge in [-0.2, -0.15) is 0 Å². The monoisotopic (exact) mass is 308 g/mol. The third-order valence-corrected chi connectivity index (χ3v) is 4.05. The molecule has 1 fully saturated rings. The van der Waals surface area contributed by atoms with Gasteiger partial charge in [0.25, 0.3) is 11.6 Å². The molecule has 0 aromatic heterocycles. The average Bonchev–Trinajstić information content (AvgIpc) is 2.64. The van der Waals surface area contributed by atoms with Crippen molar-refractivity contribution in [3.8, 4) is 0 Å². The molecule has 1 aromatic carbocycles. The van der Waals surface area contributed by atoms with E-state index in [1.54, 1.807) is 23.1 Å². The van der Waals surface area contributed by atoms with Crippen LogP contribution in [0.3, 0.4) is 0 Å². The van der Waals surface area contributed by atoms with Crippen molar-refractivity contribution in [2.75, 3.05) is 0 Å². The second-order valence-electron chi connectivity index (χ2n) is 4.50. The van der Waals surface area contributed by atoms with Crippen LogP contribution in [0, 0.1) is 10.1 Å². The van der Waals surface area contributed by atoms with E-state index in [0.717, 1.165) is 0 Å². The van der Waals surface area contributed by atoms with Gasteiger partial charge in [0, 0.05) is 18.2 Å². The van der Waals surface area contributed by atoms with Gasteiger partial charge in [0.2, 0.25) is 0 Å². The molecular weight excluding hydrogens is 296 g/mol. The van der Waals surface area contributed by atoms with E-state index in [-0.39, 0.29) is 17.6 Å². The molecule has 5 nitrogen and oxygen atoms in total. The minimum Gasteiger partial charge on any atom is -0.290 e. The normalized spacial score (nSPS) is 17.4. The number of amides is 1. The van der Waals surface area contributed by atoms with Crippen molar-refractivity contribution in [1.29, 1.82) is 0 Å². The summed E-state index contributed by atoms with van der Waals surface area (Å²) in [6.07, 6.45) is 1.63. The molecular formula is C13H12N2O3S2. The number of benzene rings is 1. The Morgan fingerprint density at radius 1 is 1.45 bits per heavy atom. The van der Waals surface area contributed by atoms with Crippen molar-refractivity contribution in [3.05, 3.63) is 44.8 Å². The van der Waals surface area contributed by atoms with Crippen LogP contribution in [0.15, 0.2) is 29.2 Å². The third-order valence-electron chi connectivity index (χ3n) is 2.72. The molecule has 0 atom stereocenters. The van der Waals surface area contributed by atoms with Crippen LogP contribution in [0.1, 0.15) is 19.4 Å². The Morgan fingerprint density at radius 2 is 2.15 bits per heavy atom. The first-order valence-electron chi connectivity index (χ1n) is 5.91. The Balaban J connectivity index is 2.33. The Kier molecular flexibility index (Phi) is 4.20. The number of thioether (sulfide) groups is 1. The molecule has 7 heteroatoms. The van der Waals surface area contributed by atoms with Crippen LogP contribution in [0.25, 0.3) is 6.08 Å². The molecule has 0 aliphatic carbocycles. The number of non-ortho nitro benzene ring substituents is 1. The summed E-state index contributed by atoms with van der Waals surface area (Å²) in [5, 5.41) is 10.7. The predicted octanol–water partition coefficient (Wildman–Crippen LogP) is 3.20.